The number of ether oxygens (including phenoxy) is 1. The van der Waals surface area contributed by atoms with Crippen LogP contribution >= 0.6 is 0 Å². The molecule has 1 aliphatic rings. The number of hydrogen-bond donors (Lipinski definition) is 1. The number of carbonyl (C=O) groups excluding carboxylic acids is 1. The maximum absolute atomic E-state index is 12.9. The smallest absolute Gasteiger partial charge is 0.378 e. The topological polar surface area (TPSA) is 54.5 Å². The number of hydrogen-bond acceptors (Lipinski definition) is 4. The molecular weight excluding hydrogens is 311 g/mol. The Morgan fingerprint density at radius 1 is 1.48 bits per heavy atom. The quantitative estimate of drug-likeness (QED) is 0.916. The highest BCUT2D eigenvalue weighted by atomic mass is 19.4. The third-order valence-corrected chi connectivity index (χ3v) is 3.86. The van der Waals surface area contributed by atoms with Crippen molar-refractivity contribution in [3.63, 3.8) is 0 Å². The van der Waals surface area contributed by atoms with Crippen molar-refractivity contribution in [1.82, 2.24) is 15.2 Å². The summed E-state index contributed by atoms with van der Waals surface area (Å²) in [5.41, 5.74) is -1.59. The third kappa shape index (κ3) is 4.42. The van der Waals surface area contributed by atoms with Crippen molar-refractivity contribution in [3.8, 4) is 0 Å². The van der Waals surface area contributed by atoms with E-state index in [-0.39, 0.29) is 12.1 Å². The fourth-order valence-corrected chi connectivity index (χ4v) is 2.53. The highest BCUT2D eigenvalue weighted by Crippen LogP contribution is 2.31. The first-order valence-corrected chi connectivity index (χ1v) is 7.34. The summed E-state index contributed by atoms with van der Waals surface area (Å²) < 4.78 is 44.1. The Morgan fingerprint density at radius 2 is 2.22 bits per heavy atom. The average molecular weight is 331 g/mol. The van der Waals surface area contributed by atoms with Gasteiger partial charge in [0.1, 0.15) is 0 Å². The van der Waals surface area contributed by atoms with Gasteiger partial charge in [-0.25, -0.2) is 0 Å². The summed E-state index contributed by atoms with van der Waals surface area (Å²) in [7, 11) is 0. The van der Waals surface area contributed by atoms with Gasteiger partial charge in [-0.1, -0.05) is 0 Å². The molecule has 1 aromatic rings. The lowest BCUT2D eigenvalue weighted by Crippen LogP contribution is -2.54. The van der Waals surface area contributed by atoms with Crippen LogP contribution in [0.5, 0.6) is 0 Å². The van der Waals surface area contributed by atoms with Gasteiger partial charge in [0, 0.05) is 37.6 Å². The molecule has 23 heavy (non-hydrogen) atoms. The fourth-order valence-electron chi connectivity index (χ4n) is 2.53. The van der Waals surface area contributed by atoms with Crippen LogP contribution in [0.3, 0.4) is 0 Å². The molecule has 128 valence electrons. The van der Waals surface area contributed by atoms with Gasteiger partial charge in [-0.3, -0.25) is 14.7 Å². The Bertz CT molecular complexity index is 561. The van der Waals surface area contributed by atoms with Crippen LogP contribution in [-0.4, -0.2) is 54.2 Å². The van der Waals surface area contributed by atoms with E-state index < -0.39 is 23.2 Å². The summed E-state index contributed by atoms with van der Waals surface area (Å²) in [5, 5.41) is 2.54. The molecule has 1 saturated heterocycles. The molecular formula is C15H20F3N3O2. The lowest BCUT2D eigenvalue weighted by molar-refractivity contribution is -0.138. The van der Waals surface area contributed by atoms with E-state index in [1.807, 2.05) is 13.8 Å². The normalized spacial score (nSPS) is 18.7. The Labute approximate surface area is 132 Å². The summed E-state index contributed by atoms with van der Waals surface area (Å²) >= 11 is 0. The molecule has 1 amide bonds. The standard InChI is InChI=1S/C15H20F3N3O2/c1-14(2)10-23-8-7-21(14)6-5-20-13(22)11-9-19-4-3-12(11)15(16,17)18/h3-4,9H,5-8,10H2,1-2H3,(H,20,22). The summed E-state index contributed by atoms with van der Waals surface area (Å²) in [6, 6.07) is 0.806. The molecule has 0 saturated carbocycles. The minimum absolute atomic E-state index is 0.158. The number of carbonyl (C=O) groups is 1. The van der Waals surface area contributed by atoms with Gasteiger partial charge >= 0.3 is 6.18 Å². The number of pyridine rings is 1. The number of halogens is 3. The Morgan fingerprint density at radius 3 is 2.87 bits per heavy atom. The molecule has 1 aromatic heterocycles. The second-order valence-corrected chi connectivity index (χ2v) is 6.03. The third-order valence-electron chi connectivity index (χ3n) is 3.86. The lowest BCUT2D eigenvalue weighted by atomic mass is 10.0. The minimum atomic E-state index is -4.58. The number of aromatic nitrogens is 1. The summed E-state index contributed by atoms with van der Waals surface area (Å²) in [6.45, 7) is 6.77. The Hall–Kier alpha value is -1.67. The van der Waals surface area contributed by atoms with Gasteiger partial charge in [0.05, 0.1) is 24.3 Å². The Balaban J connectivity index is 1.96. The first-order chi connectivity index (χ1) is 10.7. The van der Waals surface area contributed by atoms with Crippen molar-refractivity contribution >= 4 is 5.91 Å². The number of morpholine rings is 1. The highest BCUT2D eigenvalue weighted by Gasteiger charge is 2.35. The molecule has 1 aliphatic heterocycles. The van der Waals surface area contributed by atoms with Crippen molar-refractivity contribution in [2.45, 2.75) is 25.6 Å². The SMILES string of the molecule is CC1(C)COCCN1CCNC(=O)c1cnccc1C(F)(F)F. The van der Waals surface area contributed by atoms with Gasteiger partial charge in [-0.15, -0.1) is 0 Å². The molecule has 2 rings (SSSR count). The maximum atomic E-state index is 12.9. The zero-order valence-corrected chi connectivity index (χ0v) is 13.1. The summed E-state index contributed by atoms with van der Waals surface area (Å²) in [5.74, 6) is -0.767. The van der Waals surface area contributed by atoms with Gasteiger partial charge in [0.2, 0.25) is 0 Å². The van der Waals surface area contributed by atoms with Crippen LogP contribution in [0, 0.1) is 0 Å². The number of amides is 1. The van der Waals surface area contributed by atoms with Gasteiger partial charge in [-0.2, -0.15) is 13.2 Å². The lowest BCUT2D eigenvalue weighted by Gasteiger charge is -2.42. The van der Waals surface area contributed by atoms with Crippen LogP contribution in [0.2, 0.25) is 0 Å². The zero-order chi connectivity index (χ0) is 17.1. The Kier molecular flexibility index (Phi) is 5.26. The fraction of sp³-hybridized carbons (Fsp3) is 0.600. The maximum Gasteiger partial charge on any atom is 0.417 e. The van der Waals surface area contributed by atoms with E-state index >= 15 is 0 Å². The molecule has 0 unspecified atom stereocenters. The van der Waals surface area contributed by atoms with Crippen LogP contribution in [-0.2, 0) is 10.9 Å². The van der Waals surface area contributed by atoms with Gasteiger partial charge < -0.3 is 10.1 Å². The number of nitrogens with one attached hydrogen (secondary N) is 1. The van der Waals surface area contributed by atoms with E-state index in [2.05, 4.69) is 15.2 Å². The molecule has 0 aliphatic carbocycles. The molecule has 0 radical (unpaired) electrons. The molecule has 0 spiro atoms. The van der Waals surface area contributed by atoms with Crippen LogP contribution in [0.15, 0.2) is 18.5 Å². The monoisotopic (exact) mass is 331 g/mol. The van der Waals surface area contributed by atoms with E-state index in [1.165, 1.54) is 0 Å². The predicted octanol–water partition coefficient (Wildman–Crippen LogP) is 1.94. The van der Waals surface area contributed by atoms with Crippen LogP contribution < -0.4 is 5.32 Å². The molecule has 0 atom stereocenters. The molecule has 5 nitrogen and oxygen atoms in total. The molecule has 1 N–H and O–H groups in total. The van der Waals surface area contributed by atoms with E-state index in [9.17, 15) is 18.0 Å². The van der Waals surface area contributed by atoms with Crippen molar-refractivity contribution < 1.29 is 22.7 Å². The first kappa shape index (κ1) is 17.7. The number of alkyl halides is 3. The van der Waals surface area contributed by atoms with Crippen molar-refractivity contribution in [1.29, 1.82) is 0 Å². The van der Waals surface area contributed by atoms with E-state index in [4.69, 9.17) is 4.74 Å². The predicted molar refractivity (Wildman–Crippen MR) is 78.0 cm³/mol. The molecule has 0 bridgehead atoms. The van der Waals surface area contributed by atoms with Crippen LogP contribution in [0.1, 0.15) is 29.8 Å². The van der Waals surface area contributed by atoms with Crippen LogP contribution in [0.25, 0.3) is 0 Å². The zero-order valence-electron chi connectivity index (χ0n) is 13.1. The van der Waals surface area contributed by atoms with Crippen molar-refractivity contribution in [3.05, 3.63) is 29.6 Å². The first-order valence-electron chi connectivity index (χ1n) is 7.34. The number of nitrogens with zero attached hydrogens (tertiary/aromatic N) is 2. The molecule has 0 aromatic carbocycles. The van der Waals surface area contributed by atoms with E-state index in [0.29, 0.717) is 19.8 Å². The molecule has 1 fully saturated rings. The van der Waals surface area contributed by atoms with Gasteiger partial charge in [-0.05, 0) is 19.9 Å². The molecule has 2 heterocycles. The average Bonchev–Trinajstić information content (AvgIpc) is 2.48. The van der Waals surface area contributed by atoms with Gasteiger partial charge in [0.25, 0.3) is 5.91 Å². The summed E-state index contributed by atoms with van der Waals surface area (Å²) in [6.07, 6.45) is -2.62. The van der Waals surface area contributed by atoms with Crippen LogP contribution in [0.4, 0.5) is 13.2 Å². The van der Waals surface area contributed by atoms with E-state index in [1.54, 1.807) is 0 Å². The highest BCUT2D eigenvalue weighted by molar-refractivity contribution is 5.95. The largest absolute Gasteiger partial charge is 0.417 e. The summed E-state index contributed by atoms with van der Waals surface area (Å²) in [4.78, 5) is 17.8. The minimum Gasteiger partial charge on any atom is -0.378 e. The van der Waals surface area contributed by atoms with E-state index in [0.717, 1.165) is 25.0 Å². The second-order valence-electron chi connectivity index (χ2n) is 6.03. The van der Waals surface area contributed by atoms with Gasteiger partial charge in [0.15, 0.2) is 0 Å². The number of rotatable bonds is 4. The van der Waals surface area contributed by atoms with Crippen molar-refractivity contribution in [2.75, 3.05) is 32.8 Å². The van der Waals surface area contributed by atoms with Crippen molar-refractivity contribution in [2.24, 2.45) is 0 Å². The molecule has 8 heteroatoms. The second kappa shape index (κ2) is 6.84.